The maximum atomic E-state index is 11.5. The number of H-pyrrole nitrogens is 1. The first-order valence-electron chi connectivity index (χ1n) is 8.45. The van der Waals surface area contributed by atoms with E-state index in [1.807, 2.05) is 43.3 Å². The van der Waals surface area contributed by atoms with Gasteiger partial charge < -0.3 is 15.4 Å². The highest BCUT2D eigenvalue weighted by atomic mass is 16.4. The van der Waals surface area contributed by atoms with Gasteiger partial charge in [0.25, 0.3) is 0 Å². The zero-order chi connectivity index (χ0) is 18.8. The number of aromatic carboxylic acids is 1. The van der Waals surface area contributed by atoms with Crippen LogP contribution in [0, 0.1) is 6.92 Å². The molecule has 134 valence electrons. The number of nitrogens with zero attached hydrogens (tertiary/aromatic N) is 3. The second-order valence-electron chi connectivity index (χ2n) is 6.13. The number of fused-ring (bicyclic) bond motifs is 1. The molecule has 0 saturated heterocycles. The molecule has 7 nitrogen and oxygen atoms in total. The molecule has 7 heteroatoms. The van der Waals surface area contributed by atoms with E-state index in [2.05, 4.69) is 25.3 Å². The smallest absolute Gasteiger partial charge is 0.337 e. The summed E-state index contributed by atoms with van der Waals surface area (Å²) in [5.74, 6) is -0.0203. The standard InChI is InChI=1S/C20H17N5O2/c1-12-16(14-8-5-9-15(19(26)27)17(14)24-12)18-22-11-23-20(25-18)21-10-13-6-3-2-4-7-13/h2-9,11,24H,10H2,1H3,(H,26,27)(H,21,22,23,25). The first-order valence-corrected chi connectivity index (χ1v) is 8.45. The summed E-state index contributed by atoms with van der Waals surface area (Å²) in [7, 11) is 0. The van der Waals surface area contributed by atoms with Crippen LogP contribution in [0.2, 0.25) is 0 Å². The van der Waals surface area contributed by atoms with Gasteiger partial charge in [-0.2, -0.15) is 4.98 Å². The van der Waals surface area contributed by atoms with Gasteiger partial charge in [0.1, 0.15) is 6.33 Å². The molecule has 0 amide bonds. The zero-order valence-electron chi connectivity index (χ0n) is 14.6. The van der Waals surface area contributed by atoms with E-state index in [1.165, 1.54) is 6.33 Å². The minimum atomic E-state index is -0.978. The van der Waals surface area contributed by atoms with Crippen molar-refractivity contribution < 1.29 is 9.90 Å². The van der Waals surface area contributed by atoms with Crippen LogP contribution in [0.25, 0.3) is 22.3 Å². The molecule has 27 heavy (non-hydrogen) atoms. The molecule has 0 atom stereocenters. The number of carboxylic acids is 1. The second-order valence-corrected chi connectivity index (χ2v) is 6.13. The van der Waals surface area contributed by atoms with Crippen molar-refractivity contribution in [2.24, 2.45) is 0 Å². The van der Waals surface area contributed by atoms with Crippen LogP contribution in [0.15, 0.2) is 54.9 Å². The van der Waals surface area contributed by atoms with Crippen LogP contribution in [0.5, 0.6) is 0 Å². The first-order chi connectivity index (χ1) is 13.1. The molecular weight excluding hydrogens is 342 g/mol. The van der Waals surface area contributed by atoms with Crippen LogP contribution >= 0.6 is 0 Å². The third-order valence-corrected chi connectivity index (χ3v) is 4.34. The fourth-order valence-electron chi connectivity index (χ4n) is 3.09. The van der Waals surface area contributed by atoms with E-state index >= 15 is 0 Å². The van der Waals surface area contributed by atoms with Crippen molar-refractivity contribution in [3.8, 4) is 11.4 Å². The maximum absolute atomic E-state index is 11.5. The molecule has 0 bridgehead atoms. The molecule has 2 aromatic heterocycles. The topological polar surface area (TPSA) is 104 Å². The monoisotopic (exact) mass is 359 g/mol. The highest BCUT2D eigenvalue weighted by Gasteiger charge is 2.18. The maximum Gasteiger partial charge on any atom is 0.337 e. The van der Waals surface area contributed by atoms with Crippen LogP contribution < -0.4 is 5.32 Å². The second kappa shape index (κ2) is 6.87. The Labute approximate surface area is 155 Å². The average Bonchev–Trinajstić information content (AvgIpc) is 3.03. The molecular formula is C20H17N5O2. The van der Waals surface area contributed by atoms with E-state index in [1.54, 1.807) is 12.1 Å². The number of rotatable bonds is 5. The third-order valence-electron chi connectivity index (χ3n) is 4.34. The number of carboxylic acid groups (broad SMARTS) is 1. The van der Waals surface area contributed by atoms with E-state index in [4.69, 9.17) is 0 Å². The molecule has 4 rings (SSSR count). The molecule has 0 spiro atoms. The average molecular weight is 359 g/mol. The Hall–Kier alpha value is -3.74. The van der Waals surface area contributed by atoms with Crippen molar-refractivity contribution in [3.63, 3.8) is 0 Å². The Morgan fingerprint density at radius 1 is 1.11 bits per heavy atom. The van der Waals surface area contributed by atoms with Crippen molar-refractivity contribution in [2.75, 3.05) is 5.32 Å². The van der Waals surface area contributed by atoms with Crippen LogP contribution in [0.4, 0.5) is 5.95 Å². The molecule has 2 aromatic carbocycles. The van der Waals surface area contributed by atoms with E-state index in [0.29, 0.717) is 23.8 Å². The normalized spacial score (nSPS) is 10.9. The Morgan fingerprint density at radius 2 is 1.93 bits per heavy atom. The summed E-state index contributed by atoms with van der Waals surface area (Å²) < 4.78 is 0. The van der Waals surface area contributed by atoms with Gasteiger partial charge in [-0.15, -0.1) is 0 Å². The number of aromatic nitrogens is 4. The Balaban J connectivity index is 1.71. The quantitative estimate of drug-likeness (QED) is 0.503. The van der Waals surface area contributed by atoms with Gasteiger partial charge in [-0.1, -0.05) is 42.5 Å². The lowest BCUT2D eigenvalue weighted by atomic mass is 10.1. The molecule has 0 aliphatic carbocycles. The molecule has 2 heterocycles. The molecule has 0 unspecified atom stereocenters. The van der Waals surface area contributed by atoms with Crippen LogP contribution in [-0.2, 0) is 6.54 Å². The highest BCUT2D eigenvalue weighted by Crippen LogP contribution is 2.31. The van der Waals surface area contributed by atoms with Crippen molar-refractivity contribution in [2.45, 2.75) is 13.5 Å². The number of aromatic amines is 1. The van der Waals surface area contributed by atoms with Gasteiger partial charge in [0, 0.05) is 23.2 Å². The van der Waals surface area contributed by atoms with Crippen molar-refractivity contribution in [1.82, 2.24) is 19.9 Å². The number of nitrogens with one attached hydrogen (secondary N) is 2. The molecule has 0 saturated carbocycles. The van der Waals surface area contributed by atoms with Gasteiger partial charge in [0.15, 0.2) is 5.82 Å². The molecule has 0 aliphatic rings. The first kappa shape index (κ1) is 16.7. The number of anilines is 1. The summed E-state index contributed by atoms with van der Waals surface area (Å²) >= 11 is 0. The Bertz CT molecular complexity index is 1120. The number of benzene rings is 2. The van der Waals surface area contributed by atoms with E-state index < -0.39 is 5.97 Å². The van der Waals surface area contributed by atoms with Crippen molar-refractivity contribution >= 4 is 22.8 Å². The van der Waals surface area contributed by atoms with E-state index in [9.17, 15) is 9.90 Å². The third kappa shape index (κ3) is 3.22. The van der Waals surface area contributed by atoms with Gasteiger partial charge in [-0.05, 0) is 18.6 Å². The lowest BCUT2D eigenvalue weighted by molar-refractivity contribution is 0.0699. The van der Waals surface area contributed by atoms with Gasteiger partial charge in [-0.25, -0.2) is 14.8 Å². The summed E-state index contributed by atoms with van der Waals surface area (Å²) in [4.78, 5) is 27.6. The van der Waals surface area contributed by atoms with Crippen molar-refractivity contribution in [1.29, 1.82) is 0 Å². The fourth-order valence-corrected chi connectivity index (χ4v) is 3.09. The minimum Gasteiger partial charge on any atom is -0.478 e. The Kier molecular flexibility index (Phi) is 4.25. The highest BCUT2D eigenvalue weighted by molar-refractivity contribution is 6.07. The largest absolute Gasteiger partial charge is 0.478 e. The predicted octanol–water partition coefficient (Wildman–Crippen LogP) is 3.64. The summed E-state index contributed by atoms with van der Waals surface area (Å²) in [6, 6.07) is 15.1. The van der Waals surface area contributed by atoms with Gasteiger partial charge in [0.05, 0.1) is 11.1 Å². The lowest BCUT2D eigenvalue weighted by Gasteiger charge is -2.06. The Morgan fingerprint density at radius 3 is 2.70 bits per heavy atom. The molecule has 4 aromatic rings. The lowest BCUT2D eigenvalue weighted by Crippen LogP contribution is -2.05. The van der Waals surface area contributed by atoms with Crippen molar-refractivity contribution in [3.05, 3.63) is 71.7 Å². The van der Waals surface area contributed by atoms with Gasteiger partial charge in [-0.3, -0.25) is 0 Å². The fraction of sp³-hybridized carbons (Fsp3) is 0.100. The van der Waals surface area contributed by atoms with Crippen LogP contribution in [0.3, 0.4) is 0 Å². The molecule has 3 N–H and O–H groups in total. The van der Waals surface area contributed by atoms with Crippen LogP contribution in [0.1, 0.15) is 21.6 Å². The molecule has 0 fully saturated rings. The predicted molar refractivity (Wildman–Crippen MR) is 103 cm³/mol. The SMILES string of the molecule is Cc1[nH]c2c(C(=O)O)cccc2c1-c1ncnc(NCc2ccccc2)n1. The van der Waals surface area contributed by atoms with E-state index in [-0.39, 0.29) is 5.56 Å². The summed E-state index contributed by atoms with van der Waals surface area (Å²) in [5.41, 5.74) is 3.49. The number of hydrogen-bond donors (Lipinski definition) is 3. The van der Waals surface area contributed by atoms with Gasteiger partial charge in [0.2, 0.25) is 5.95 Å². The summed E-state index contributed by atoms with van der Waals surface area (Å²) in [6.07, 6.45) is 1.45. The summed E-state index contributed by atoms with van der Waals surface area (Å²) in [6.45, 7) is 2.47. The minimum absolute atomic E-state index is 0.221. The number of para-hydroxylation sites is 1. The number of aryl methyl sites for hydroxylation is 1. The summed E-state index contributed by atoms with van der Waals surface area (Å²) in [5, 5.41) is 13.4. The number of carbonyl (C=O) groups is 1. The van der Waals surface area contributed by atoms with Gasteiger partial charge >= 0.3 is 5.97 Å². The number of hydrogen-bond acceptors (Lipinski definition) is 5. The zero-order valence-corrected chi connectivity index (χ0v) is 14.6. The van der Waals surface area contributed by atoms with Crippen LogP contribution in [-0.4, -0.2) is 31.0 Å². The molecule has 0 aliphatic heterocycles. The van der Waals surface area contributed by atoms with E-state index in [0.717, 1.165) is 22.2 Å². The molecule has 0 radical (unpaired) electrons.